The summed E-state index contributed by atoms with van der Waals surface area (Å²) < 4.78 is 0. The Labute approximate surface area is 143 Å². The van der Waals surface area contributed by atoms with Crippen molar-refractivity contribution in [2.75, 3.05) is 37.6 Å². The molecule has 0 radical (unpaired) electrons. The van der Waals surface area contributed by atoms with Crippen LogP contribution in [0.3, 0.4) is 0 Å². The van der Waals surface area contributed by atoms with Gasteiger partial charge in [0.05, 0.1) is 6.04 Å². The molecule has 2 aliphatic rings. The molecule has 24 heavy (non-hydrogen) atoms. The lowest BCUT2D eigenvalue weighted by molar-refractivity contribution is -0.109. The van der Waals surface area contributed by atoms with Gasteiger partial charge in [-0.3, -0.25) is 9.69 Å². The number of para-hydroxylation sites is 1. The van der Waals surface area contributed by atoms with Crippen molar-refractivity contribution in [1.82, 2.24) is 10.2 Å². The number of carbonyl (C=O) groups is 1. The number of amides is 1. The molecule has 0 unspecified atom stereocenters. The van der Waals surface area contributed by atoms with Crippen LogP contribution < -0.4 is 10.2 Å². The van der Waals surface area contributed by atoms with E-state index in [1.165, 1.54) is 22.4 Å². The standard InChI is InChI=1S/C20H23N3O/c24-15-21-9-10-22-11-12-23-19-8-4-2-6-17(19)13-16-5-1-3-7-18(16)20(23)14-22/h1-8,15,20H,9-14H2,(H,21,24)/t20-/m1/s1. The molecule has 4 nitrogen and oxygen atoms in total. The van der Waals surface area contributed by atoms with E-state index in [0.29, 0.717) is 12.6 Å². The number of benzene rings is 2. The third-order valence-electron chi connectivity index (χ3n) is 5.22. The van der Waals surface area contributed by atoms with E-state index >= 15 is 0 Å². The number of nitrogens with zero attached hydrogens (tertiary/aromatic N) is 2. The number of hydrogen-bond donors (Lipinski definition) is 1. The number of piperazine rings is 1. The highest BCUT2D eigenvalue weighted by molar-refractivity contribution is 5.60. The zero-order valence-electron chi connectivity index (χ0n) is 13.8. The van der Waals surface area contributed by atoms with Crippen LogP contribution >= 0.6 is 0 Å². The summed E-state index contributed by atoms with van der Waals surface area (Å²) in [7, 11) is 0. The highest BCUT2D eigenvalue weighted by Gasteiger charge is 2.32. The van der Waals surface area contributed by atoms with E-state index < -0.39 is 0 Å². The zero-order chi connectivity index (χ0) is 16.4. The van der Waals surface area contributed by atoms with Crippen LogP contribution in [0.4, 0.5) is 5.69 Å². The Morgan fingerprint density at radius 3 is 2.71 bits per heavy atom. The van der Waals surface area contributed by atoms with Gasteiger partial charge >= 0.3 is 0 Å². The van der Waals surface area contributed by atoms with Crippen molar-refractivity contribution in [3.05, 3.63) is 65.2 Å². The van der Waals surface area contributed by atoms with Crippen LogP contribution in [0, 0.1) is 0 Å². The van der Waals surface area contributed by atoms with E-state index in [-0.39, 0.29) is 0 Å². The molecule has 2 heterocycles. The summed E-state index contributed by atoms with van der Waals surface area (Å²) >= 11 is 0. The van der Waals surface area contributed by atoms with E-state index in [9.17, 15) is 4.79 Å². The van der Waals surface area contributed by atoms with Gasteiger partial charge in [-0.2, -0.15) is 0 Å². The molecule has 1 fully saturated rings. The number of anilines is 1. The van der Waals surface area contributed by atoms with Gasteiger partial charge in [0, 0.05) is 38.4 Å². The molecule has 4 rings (SSSR count). The van der Waals surface area contributed by atoms with Gasteiger partial charge in [-0.25, -0.2) is 0 Å². The number of fused-ring (bicyclic) bond motifs is 5. The molecule has 0 bridgehead atoms. The topological polar surface area (TPSA) is 35.6 Å². The highest BCUT2D eigenvalue weighted by atomic mass is 16.1. The predicted octanol–water partition coefficient (Wildman–Crippen LogP) is 2.20. The van der Waals surface area contributed by atoms with E-state index in [1.54, 1.807) is 0 Å². The summed E-state index contributed by atoms with van der Waals surface area (Å²) in [4.78, 5) is 15.5. The van der Waals surface area contributed by atoms with Crippen molar-refractivity contribution >= 4 is 12.1 Å². The quantitative estimate of drug-likeness (QED) is 0.693. The number of nitrogens with one attached hydrogen (secondary N) is 1. The molecule has 0 aromatic heterocycles. The fraction of sp³-hybridized carbons (Fsp3) is 0.350. The molecule has 2 aromatic carbocycles. The van der Waals surface area contributed by atoms with Crippen LogP contribution in [0.25, 0.3) is 0 Å². The predicted molar refractivity (Wildman–Crippen MR) is 96.3 cm³/mol. The first-order valence-corrected chi connectivity index (χ1v) is 8.68. The average Bonchev–Trinajstić information content (AvgIpc) is 2.76. The third kappa shape index (κ3) is 2.78. The summed E-state index contributed by atoms with van der Waals surface area (Å²) in [5.74, 6) is 0. The largest absolute Gasteiger partial charge is 0.362 e. The zero-order valence-corrected chi connectivity index (χ0v) is 13.8. The van der Waals surface area contributed by atoms with Gasteiger partial charge in [-0.05, 0) is 29.2 Å². The fourth-order valence-electron chi connectivity index (χ4n) is 4.04. The Morgan fingerprint density at radius 1 is 1.04 bits per heavy atom. The number of carbonyl (C=O) groups excluding carboxylic acids is 1. The molecule has 2 aromatic rings. The molecule has 0 saturated carbocycles. The van der Waals surface area contributed by atoms with Gasteiger partial charge in [0.2, 0.25) is 6.41 Å². The monoisotopic (exact) mass is 321 g/mol. The lowest BCUT2D eigenvalue weighted by Gasteiger charge is -2.43. The SMILES string of the molecule is O=CNCCN1CCN2c3ccccc3Cc3ccccc3[C@H]2C1. The Kier molecular flexibility index (Phi) is 4.22. The minimum absolute atomic E-state index is 0.384. The van der Waals surface area contributed by atoms with Gasteiger partial charge < -0.3 is 10.2 Å². The van der Waals surface area contributed by atoms with Crippen molar-refractivity contribution in [3.63, 3.8) is 0 Å². The van der Waals surface area contributed by atoms with Crippen molar-refractivity contribution in [2.45, 2.75) is 12.5 Å². The average molecular weight is 321 g/mol. The molecule has 1 saturated heterocycles. The maximum absolute atomic E-state index is 10.5. The molecule has 124 valence electrons. The Balaban J connectivity index is 1.67. The van der Waals surface area contributed by atoms with Crippen molar-refractivity contribution in [1.29, 1.82) is 0 Å². The van der Waals surface area contributed by atoms with Gasteiger partial charge in [0.1, 0.15) is 0 Å². The second-order valence-corrected chi connectivity index (χ2v) is 6.59. The van der Waals surface area contributed by atoms with E-state index in [2.05, 4.69) is 63.6 Å². The van der Waals surface area contributed by atoms with Crippen LogP contribution in [0.1, 0.15) is 22.7 Å². The number of rotatable bonds is 4. The molecule has 1 amide bonds. The molecule has 0 aliphatic carbocycles. The van der Waals surface area contributed by atoms with Crippen LogP contribution in [-0.4, -0.2) is 44.0 Å². The smallest absolute Gasteiger partial charge is 0.207 e. The number of hydrogen-bond acceptors (Lipinski definition) is 3. The Bertz CT molecular complexity index is 730. The molecule has 1 atom stereocenters. The maximum Gasteiger partial charge on any atom is 0.207 e. The molecular weight excluding hydrogens is 298 g/mol. The van der Waals surface area contributed by atoms with Crippen LogP contribution in [0.15, 0.2) is 48.5 Å². The van der Waals surface area contributed by atoms with E-state index in [4.69, 9.17) is 0 Å². The lowest BCUT2D eigenvalue weighted by Crippen LogP contribution is -2.50. The van der Waals surface area contributed by atoms with Crippen molar-refractivity contribution in [2.24, 2.45) is 0 Å². The molecule has 0 spiro atoms. The minimum atomic E-state index is 0.384. The first-order valence-electron chi connectivity index (χ1n) is 8.68. The normalized spacial score (nSPS) is 19.7. The first kappa shape index (κ1) is 15.2. The minimum Gasteiger partial charge on any atom is -0.362 e. The van der Waals surface area contributed by atoms with Gasteiger partial charge in [0.15, 0.2) is 0 Å². The van der Waals surface area contributed by atoms with Gasteiger partial charge in [-0.15, -0.1) is 0 Å². The van der Waals surface area contributed by atoms with Crippen molar-refractivity contribution in [3.8, 4) is 0 Å². The second-order valence-electron chi connectivity index (χ2n) is 6.59. The molecule has 2 aliphatic heterocycles. The van der Waals surface area contributed by atoms with Crippen LogP contribution in [-0.2, 0) is 11.2 Å². The highest BCUT2D eigenvalue weighted by Crippen LogP contribution is 2.38. The maximum atomic E-state index is 10.5. The van der Waals surface area contributed by atoms with Crippen LogP contribution in [0.5, 0.6) is 0 Å². The molecular formula is C20H23N3O. The lowest BCUT2D eigenvalue weighted by atomic mass is 9.96. The van der Waals surface area contributed by atoms with Crippen molar-refractivity contribution < 1.29 is 4.79 Å². The van der Waals surface area contributed by atoms with Crippen LogP contribution in [0.2, 0.25) is 0 Å². The van der Waals surface area contributed by atoms with Gasteiger partial charge in [0.25, 0.3) is 0 Å². The van der Waals surface area contributed by atoms with E-state index in [0.717, 1.165) is 39.0 Å². The van der Waals surface area contributed by atoms with Gasteiger partial charge in [-0.1, -0.05) is 42.5 Å². The summed E-state index contributed by atoms with van der Waals surface area (Å²) in [6, 6.07) is 18.0. The summed E-state index contributed by atoms with van der Waals surface area (Å²) in [6.45, 7) is 4.69. The summed E-state index contributed by atoms with van der Waals surface area (Å²) in [6.07, 6.45) is 1.79. The second kappa shape index (κ2) is 6.65. The third-order valence-corrected chi connectivity index (χ3v) is 5.22. The van der Waals surface area contributed by atoms with E-state index in [1.807, 2.05) is 0 Å². The Hall–Kier alpha value is -2.33. The summed E-state index contributed by atoms with van der Waals surface area (Å²) in [5, 5.41) is 2.78. The molecule has 1 N–H and O–H groups in total. The Morgan fingerprint density at radius 2 is 1.83 bits per heavy atom. The summed E-state index contributed by atoms with van der Waals surface area (Å²) in [5.41, 5.74) is 5.68. The molecule has 4 heteroatoms. The first-order chi connectivity index (χ1) is 11.9. The fourth-order valence-corrected chi connectivity index (χ4v) is 4.04.